The lowest BCUT2D eigenvalue weighted by atomic mass is 10.2. The zero-order chi connectivity index (χ0) is 15.8. The van der Waals surface area contributed by atoms with Gasteiger partial charge in [0.1, 0.15) is 5.82 Å². The number of halogens is 1. The monoisotopic (exact) mass is 295 g/mol. The van der Waals surface area contributed by atoms with Crippen molar-refractivity contribution in [3.63, 3.8) is 0 Å². The van der Waals surface area contributed by atoms with Crippen molar-refractivity contribution in [2.45, 2.75) is 39.7 Å². The van der Waals surface area contributed by atoms with Gasteiger partial charge in [0.05, 0.1) is 5.69 Å². The van der Waals surface area contributed by atoms with E-state index in [9.17, 15) is 14.0 Å². The summed E-state index contributed by atoms with van der Waals surface area (Å²) in [7, 11) is 0. The van der Waals surface area contributed by atoms with E-state index in [4.69, 9.17) is 0 Å². The molecule has 116 valence electrons. The second kappa shape index (κ2) is 8.36. The Labute approximate surface area is 124 Å². The molecular formula is C15H22FN3O2. The summed E-state index contributed by atoms with van der Waals surface area (Å²) in [5.74, 6) is -1.04. The van der Waals surface area contributed by atoms with E-state index in [-0.39, 0.29) is 17.5 Å². The molecule has 0 atom stereocenters. The minimum absolute atomic E-state index is 0.0572. The van der Waals surface area contributed by atoms with E-state index in [0.717, 1.165) is 13.0 Å². The first-order valence-electron chi connectivity index (χ1n) is 6.99. The van der Waals surface area contributed by atoms with Crippen molar-refractivity contribution in [1.29, 1.82) is 0 Å². The summed E-state index contributed by atoms with van der Waals surface area (Å²) >= 11 is 0. The summed E-state index contributed by atoms with van der Waals surface area (Å²) in [5.41, 5.74) is 0.517. The molecule has 21 heavy (non-hydrogen) atoms. The lowest BCUT2D eigenvalue weighted by molar-refractivity contribution is -0.116. The average molecular weight is 295 g/mol. The number of anilines is 2. The van der Waals surface area contributed by atoms with E-state index in [1.54, 1.807) is 0 Å². The van der Waals surface area contributed by atoms with Crippen LogP contribution in [0.2, 0.25) is 0 Å². The van der Waals surface area contributed by atoms with Crippen LogP contribution < -0.4 is 16.0 Å². The molecule has 2 amide bonds. The Morgan fingerprint density at radius 2 is 1.95 bits per heavy atom. The molecule has 0 saturated carbocycles. The van der Waals surface area contributed by atoms with Crippen LogP contribution in [0, 0.1) is 5.82 Å². The lowest BCUT2D eigenvalue weighted by Crippen LogP contribution is -2.24. The maximum atomic E-state index is 13.5. The first-order chi connectivity index (χ1) is 9.88. The van der Waals surface area contributed by atoms with E-state index < -0.39 is 5.82 Å². The Bertz CT molecular complexity index is 504. The summed E-state index contributed by atoms with van der Waals surface area (Å²) in [6, 6.07) is 4.47. The number of nitrogens with one attached hydrogen (secondary N) is 3. The highest BCUT2D eigenvalue weighted by molar-refractivity contribution is 5.93. The van der Waals surface area contributed by atoms with Gasteiger partial charge < -0.3 is 16.0 Å². The molecule has 0 spiro atoms. The Balaban J connectivity index is 2.50. The van der Waals surface area contributed by atoms with Crippen LogP contribution in [0.25, 0.3) is 0 Å². The molecule has 0 aliphatic heterocycles. The molecule has 0 saturated heterocycles. The highest BCUT2D eigenvalue weighted by Gasteiger charge is 2.07. The van der Waals surface area contributed by atoms with Crippen LogP contribution in [0.3, 0.4) is 0 Å². The molecule has 0 aliphatic carbocycles. The molecule has 1 aromatic rings. The third-order valence-electron chi connectivity index (χ3n) is 2.69. The first-order valence-corrected chi connectivity index (χ1v) is 6.99. The van der Waals surface area contributed by atoms with Gasteiger partial charge in [-0.2, -0.15) is 0 Å². The van der Waals surface area contributed by atoms with Crippen molar-refractivity contribution >= 4 is 23.2 Å². The Hall–Kier alpha value is -1.95. The van der Waals surface area contributed by atoms with Crippen molar-refractivity contribution < 1.29 is 14.0 Å². The quantitative estimate of drug-likeness (QED) is 0.677. The fraction of sp³-hybridized carbons (Fsp3) is 0.467. The van der Waals surface area contributed by atoms with Crippen LogP contribution in [-0.4, -0.2) is 24.4 Å². The molecule has 0 unspecified atom stereocenters. The number of carbonyl (C=O) groups is 2. The van der Waals surface area contributed by atoms with Gasteiger partial charge in [0.2, 0.25) is 11.8 Å². The zero-order valence-corrected chi connectivity index (χ0v) is 12.6. The molecule has 0 radical (unpaired) electrons. The fourth-order valence-corrected chi connectivity index (χ4v) is 1.75. The number of rotatable bonds is 7. The summed E-state index contributed by atoms with van der Waals surface area (Å²) in [6.45, 7) is 6.16. The highest BCUT2D eigenvalue weighted by atomic mass is 19.1. The normalized spacial score (nSPS) is 10.5. The van der Waals surface area contributed by atoms with Crippen molar-refractivity contribution in [3.05, 3.63) is 24.0 Å². The molecule has 1 rings (SSSR count). The van der Waals surface area contributed by atoms with Crippen molar-refractivity contribution in [1.82, 2.24) is 5.32 Å². The molecule has 0 bridgehead atoms. The number of hydrogen-bond acceptors (Lipinski definition) is 3. The predicted octanol–water partition coefficient (Wildman–Crippen LogP) is 2.50. The summed E-state index contributed by atoms with van der Waals surface area (Å²) in [5, 5.41) is 8.29. The van der Waals surface area contributed by atoms with Crippen LogP contribution in [0.1, 0.15) is 33.6 Å². The van der Waals surface area contributed by atoms with Gasteiger partial charge in [-0.05, 0) is 31.2 Å². The molecule has 5 nitrogen and oxygen atoms in total. The average Bonchev–Trinajstić information content (AvgIpc) is 2.38. The second-order valence-electron chi connectivity index (χ2n) is 5.14. The van der Waals surface area contributed by atoms with Gasteiger partial charge in [-0.3, -0.25) is 9.59 Å². The third-order valence-corrected chi connectivity index (χ3v) is 2.69. The molecule has 0 heterocycles. The smallest absolute Gasteiger partial charge is 0.224 e. The number of hydrogen-bond donors (Lipinski definition) is 3. The van der Waals surface area contributed by atoms with Crippen molar-refractivity contribution in [3.8, 4) is 0 Å². The lowest BCUT2D eigenvalue weighted by Gasteiger charge is -2.10. The largest absolute Gasteiger partial charge is 0.326 e. The van der Waals surface area contributed by atoms with Crippen LogP contribution in [0.15, 0.2) is 18.2 Å². The van der Waals surface area contributed by atoms with Gasteiger partial charge in [0.25, 0.3) is 0 Å². The van der Waals surface area contributed by atoms with E-state index in [1.807, 2.05) is 13.8 Å². The van der Waals surface area contributed by atoms with Crippen molar-refractivity contribution in [2.75, 3.05) is 17.2 Å². The second-order valence-corrected chi connectivity index (χ2v) is 5.14. The standard InChI is InChI=1S/C15H22FN3O2/c1-10(2)17-8-4-5-15(21)19-12-6-7-13(16)14(9-12)18-11(3)20/h6-7,9-10,17H,4-5,8H2,1-3H3,(H,18,20)(H,19,21). The number of benzene rings is 1. The van der Waals surface area contributed by atoms with E-state index >= 15 is 0 Å². The minimum Gasteiger partial charge on any atom is -0.326 e. The molecule has 1 aromatic carbocycles. The SMILES string of the molecule is CC(=O)Nc1cc(NC(=O)CCCNC(C)C)ccc1F. The maximum Gasteiger partial charge on any atom is 0.224 e. The van der Waals surface area contributed by atoms with Gasteiger partial charge in [0, 0.05) is 25.1 Å². The highest BCUT2D eigenvalue weighted by Crippen LogP contribution is 2.19. The molecule has 0 aliphatic rings. The van der Waals surface area contributed by atoms with Crippen LogP contribution >= 0.6 is 0 Å². The number of carbonyl (C=O) groups excluding carboxylic acids is 2. The van der Waals surface area contributed by atoms with Gasteiger partial charge in [-0.1, -0.05) is 13.8 Å². The van der Waals surface area contributed by atoms with Gasteiger partial charge in [-0.15, -0.1) is 0 Å². The topological polar surface area (TPSA) is 70.2 Å². The first kappa shape index (κ1) is 17.1. The molecule has 6 heteroatoms. The maximum absolute atomic E-state index is 13.5. The summed E-state index contributed by atoms with van der Waals surface area (Å²) in [4.78, 5) is 22.7. The molecule has 0 fully saturated rings. The van der Waals surface area contributed by atoms with Gasteiger partial charge in [-0.25, -0.2) is 4.39 Å². The minimum atomic E-state index is -0.538. The molecule has 3 N–H and O–H groups in total. The van der Waals surface area contributed by atoms with Crippen LogP contribution in [-0.2, 0) is 9.59 Å². The Morgan fingerprint density at radius 3 is 2.57 bits per heavy atom. The Kier molecular flexibility index (Phi) is 6.81. The van der Waals surface area contributed by atoms with Gasteiger partial charge in [0.15, 0.2) is 0 Å². The van der Waals surface area contributed by atoms with Crippen LogP contribution in [0.5, 0.6) is 0 Å². The van der Waals surface area contributed by atoms with Crippen LogP contribution in [0.4, 0.5) is 15.8 Å². The number of amides is 2. The summed E-state index contributed by atoms with van der Waals surface area (Å²) in [6.07, 6.45) is 1.11. The predicted molar refractivity (Wildman–Crippen MR) is 81.7 cm³/mol. The van der Waals surface area contributed by atoms with Gasteiger partial charge >= 0.3 is 0 Å². The molecule has 0 aromatic heterocycles. The zero-order valence-electron chi connectivity index (χ0n) is 12.6. The van der Waals surface area contributed by atoms with E-state index in [0.29, 0.717) is 18.2 Å². The Morgan fingerprint density at radius 1 is 1.24 bits per heavy atom. The van der Waals surface area contributed by atoms with Crippen molar-refractivity contribution in [2.24, 2.45) is 0 Å². The third kappa shape index (κ3) is 6.85. The van der Waals surface area contributed by atoms with E-state index in [2.05, 4.69) is 16.0 Å². The fourth-order valence-electron chi connectivity index (χ4n) is 1.75. The van der Waals surface area contributed by atoms with E-state index in [1.165, 1.54) is 25.1 Å². The molecular weight excluding hydrogens is 273 g/mol. The summed E-state index contributed by atoms with van der Waals surface area (Å²) < 4.78 is 13.5.